The van der Waals surface area contributed by atoms with Gasteiger partial charge in [0.25, 0.3) is 0 Å². The van der Waals surface area contributed by atoms with Crippen molar-refractivity contribution in [3.63, 3.8) is 0 Å². The summed E-state index contributed by atoms with van der Waals surface area (Å²) >= 11 is 0. The second-order valence-electron chi connectivity index (χ2n) is 3.38. The third kappa shape index (κ3) is 1.10. The largest absolute Gasteiger partial charge is 0.361 e. The number of hydrogen-bond acceptors (Lipinski definition) is 3. The minimum absolute atomic E-state index is 0.307. The van der Waals surface area contributed by atoms with Crippen molar-refractivity contribution in [2.24, 2.45) is 0 Å². The Labute approximate surface area is 90.7 Å². The lowest BCUT2D eigenvalue weighted by atomic mass is 10.1. The second-order valence-corrected chi connectivity index (χ2v) is 3.38. The van der Waals surface area contributed by atoms with Crippen LogP contribution in [0.4, 0.5) is 0 Å². The summed E-state index contributed by atoms with van der Waals surface area (Å²) in [7, 11) is 0. The predicted molar refractivity (Wildman–Crippen MR) is 58.4 cm³/mol. The van der Waals surface area contributed by atoms with Crippen molar-refractivity contribution in [1.82, 2.24) is 20.4 Å². The summed E-state index contributed by atoms with van der Waals surface area (Å²) in [4.78, 5) is 3.14. The van der Waals surface area contributed by atoms with E-state index in [0.29, 0.717) is 11.4 Å². The van der Waals surface area contributed by atoms with Gasteiger partial charge < -0.3 is 4.98 Å². The fourth-order valence-electron chi connectivity index (χ4n) is 1.78. The van der Waals surface area contributed by atoms with Crippen LogP contribution in [0.2, 0.25) is 0 Å². The van der Waals surface area contributed by atoms with Crippen molar-refractivity contribution in [3.8, 4) is 17.3 Å². The lowest BCUT2D eigenvalue weighted by Crippen LogP contribution is -1.84. The zero-order chi connectivity index (χ0) is 11.0. The summed E-state index contributed by atoms with van der Waals surface area (Å²) < 4.78 is 0. The van der Waals surface area contributed by atoms with Gasteiger partial charge in [-0.25, -0.2) is 0 Å². The number of nitrogens with one attached hydrogen (secondary N) is 2. The Balaban J connectivity index is 2.35. The van der Waals surface area contributed by atoms with Crippen LogP contribution in [0.5, 0.6) is 0 Å². The van der Waals surface area contributed by atoms with Crippen molar-refractivity contribution in [2.45, 2.75) is 0 Å². The van der Waals surface area contributed by atoms with Crippen molar-refractivity contribution >= 4 is 10.9 Å². The molecule has 0 saturated carbocycles. The van der Waals surface area contributed by atoms with Gasteiger partial charge in [0.15, 0.2) is 5.69 Å². The number of nitriles is 1. The number of nitrogens with zero attached hydrogens (tertiary/aromatic N) is 3. The first-order valence-electron chi connectivity index (χ1n) is 4.77. The van der Waals surface area contributed by atoms with Crippen LogP contribution in [0.1, 0.15) is 5.69 Å². The number of aromatic amines is 2. The van der Waals surface area contributed by atoms with Crippen molar-refractivity contribution in [1.29, 1.82) is 5.26 Å². The van der Waals surface area contributed by atoms with Gasteiger partial charge in [0, 0.05) is 17.1 Å². The van der Waals surface area contributed by atoms with E-state index in [1.807, 2.05) is 36.5 Å². The van der Waals surface area contributed by atoms with E-state index in [4.69, 9.17) is 5.26 Å². The molecule has 0 fully saturated rings. The zero-order valence-electron chi connectivity index (χ0n) is 8.23. The highest BCUT2D eigenvalue weighted by Gasteiger charge is 2.12. The maximum Gasteiger partial charge on any atom is 0.190 e. The first-order valence-corrected chi connectivity index (χ1v) is 4.77. The smallest absolute Gasteiger partial charge is 0.190 e. The van der Waals surface area contributed by atoms with Crippen LogP contribution in [-0.4, -0.2) is 20.4 Å². The Kier molecular flexibility index (Phi) is 1.74. The van der Waals surface area contributed by atoms with Gasteiger partial charge in [-0.2, -0.15) is 15.6 Å². The Bertz CT molecular complexity index is 686. The number of benzene rings is 1. The Morgan fingerprint density at radius 1 is 1.19 bits per heavy atom. The lowest BCUT2D eigenvalue weighted by Gasteiger charge is -1.98. The minimum atomic E-state index is 0.307. The van der Waals surface area contributed by atoms with Crippen molar-refractivity contribution in [3.05, 3.63) is 36.2 Å². The number of para-hydroxylation sites is 1. The van der Waals surface area contributed by atoms with Crippen LogP contribution in [-0.2, 0) is 0 Å². The summed E-state index contributed by atoms with van der Waals surface area (Å²) in [5, 5.41) is 20.3. The van der Waals surface area contributed by atoms with Gasteiger partial charge in [-0.05, 0) is 6.07 Å². The van der Waals surface area contributed by atoms with Crippen molar-refractivity contribution < 1.29 is 0 Å². The normalized spacial score (nSPS) is 10.4. The Hall–Kier alpha value is -2.61. The predicted octanol–water partition coefficient (Wildman–Crippen LogP) is 1.82. The molecule has 0 atom stereocenters. The lowest BCUT2D eigenvalue weighted by molar-refractivity contribution is 0.937. The monoisotopic (exact) mass is 209 g/mol. The molecule has 0 spiro atoms. The molecule has 2 aromatic heterocycles. The maximum atomic E-state index is 8.91. The third-order valence-corrected chi connectivity index (χ3v) is 2.50. The molecule has 5 heteroatoms. The van der Waals surface area contributed by atoms with Crippen LogP contribution in [0.3, 0.4) is 0 Å². The van der Waals surface area contributed by atoms with Gasteiger partial charge in [-0.1, -0.05) is 18.2 Å². The van der Waals surface area contributed by atoms with Crippen LogP contribution in [0, 0.1) is 11.3 Å². The van der Waals surface area contributed by atoms with Crippen LogP contribution in [0.25, 0.3) is 22.2 Å². The highest BCUT2D eigenvalue weighted by atomic mass is 15.3. The van der Waals surface area contributed by atoms with E-state index in [-0.39, 0.29) is 0 Å². The molecule has 0 aliphatic carbocycles. The topological polar surface area (TPSA) is 81.2 Å². The summed E-state index contributed by atoms with van der Waals surface area (Å²) in [6, 6.07) is 9.84. The van der Waals surface area contributed by atoms with Gasteiger partial charge in [0.2, 0.25) is 0 Å². The molecule has 76 valence electrons. The van der Waals surface area contributed by atoms with Gasteiger partial charge in [-0.3, -0.25) is 0 Å². The van der Waals surface area contributed by atoms with E-state index in [1.54, 1.807) is 0 Å². The molecule has 1 aromatic carbocycles. The number of fused-ring (bicyclic) bond motifs is 1. The molecular weight excluding hydrogens is 202 g/mol. The number of aromatic nitrogens is 4. The van der Waals surface area contributed by atoms with E-state index < -0.39 is 0 Å². The molecule has 0 amide bonds. The van der Waals surface area contributed by atoms with Gasteiger partial charge in [-0.15, -0.1) is 5.10 Å². The minimum Gasteiger partial charge on any atom is -0.361 e. The molecule has 3 aromatic rings. The van der Waals surface area contributed by atoms with E-state index in [1.165, 1.54) is 0 Å². The molecule has 3 rings (SSSR count). The summed E-state index contributed by atoms with van der Waals surface area (Å²) in [5.41, 5.74) is 2.73. The number of H-pyrrole nitrogens is 2. The molecule has 16 heavy (non-hydrogen) atoms. The SMILES string of the molecule is N#Cc1n[nH]nc1-c1cccc2cc[nH]c12. The number of rotatable bonds is 1. The van der Waals surface area contributed by atoms with Gasteiger partial charge >= 0.3 is 0 Å². The first-order chi connectivity index (χ1) is 7.90. The van der Waals surface area contributed by atoms with E-state index in [0.717, 1.165) is 16.5 Å². The molecule has 0 radical (unpaired) electrons. The highest BCUT2D eigenvalue weighted by Crippen LogP contribution is 2.27. The number of hydrogen-bond donors (Lipinski definition) is 2. The molecule has 0 saturated heterocycles. The quantitative estimate of drug-likeness (QED) is 0.641. The average Bonchev–Trinajstić information content (AvgIpc) is 2.96. The Morgan fingerprint density at radius 2 is 2.12 bits per heavy atom. The molecule has 2 N–H and O–H groups in total. The summed E-state index contributed by atoms with van der Waals surface area (Å²) in [6.07, 6.45) is 1.86. The van der Waals surface area contributed by atoms with Gasteiger partial charge in [0.05, 0.1) is 5.52 Å². The standard InChI is InChI=1S/C11H7N5/c12-6-9-11(15-16-14-9)8-3-1-2-7-4-5-13-10(7)8/h1-5,13H,(H,14,15,16). The Morgan fingerprint density at radius 3 is 3.00 bits per heavy atom. The molecule has 5 nitrogen and oxygen atoms in total. The molecule has 2 heterocycles. The van der Waals surface area contributed by atoms with Crippen LogP contribution >= 0.6 is 0 Å². The molecule has 0 aliphatic heterocycles. The van der Waals surface area contributed by atoms with Crippen LogP contribution in [0.15, 0.2) is 30.5 Å². The molecule has 0 bridgehead atoms. The fraction of sp³-hybridized carbons (Fsp3) is 0. The zero-order valence-corrected chi connectivity index (χ0v) is 8.23. The average molecular weight is 209 g/mol. The van der Waals surface area contributed by atoms with Crippen molar-refractivity contribution in [2.75, 3.05) is 0 Å². The van der Waals surface area contributed by atoms with Gasteiger partial charge in [0.1, 0.15) is 11.8 Å². The maximum absolute atomic E-state index is 8.91. The third-order valence-electron chi connectivity index (χ3n) is 2.50. The van der Waals surface area contributed by atoms with Crippen LogP contribution < -0.4 is 0 Å². The highest BCUT2D eigenvalue weighted by molar-refractivity contribution is 5.93. The first kappa shape index (κ1) is 8.68. The molecule has 0 aliphatic rings. The van der Waals surface area contributed by atoms with E-state index in [2.05, 4.69) is 20.4 Å². The van der Waals surface area contributed by atoms with E-state index >= 15 is 0 Å². The summed E-state index contributed by atoms with van der Waals surface area (Å²) in [5.74, 6) is 0. The molecule has 0 unspecified atom stereocenters. The fourth-order valence-corrected chi connectivity index (χ4v) is 1.78. The molecular formula is C11H7N5. The summed E-state index contributed by atoms with van der Waals surface area (Å²) in [6.45, 7) is 0. The second kappa shape index (κ2) is 3.21. The van der Waals surface area contributed by atoms with E-state index in [9.17, 15) is 0 Å².